The molecule has 0 atom stereocenters. The highest BCUT2D eigenvalue weighted by molar-refractivity contribution is 9.10. The van der Waals surface area contributed by atoms with Crippen molar-refractivity contribution in [2.75, 3.05) is 10.0 Å². The molecule has 0 heterocycles. The van der Waals surface area contributed by atoms with Gasteiger partial charge in [0.2, 0.25) is 0 Å². The van der Waals surface area contributed by atoms with E-state index in [-0.39, 0.29) is 10.8 Å². The van der Waals surface area contributed by atoms with Crippen LogP contribution in [0.3, 0.4) is 0 Å². The van der Waals surface area contributed by atoms with Gasteiger partial charge in [0.25, 0.3) is 15.9 Å². The second-order valence-corrected chi connectivity index (χ2v) is 8.96. The molecule has 0 saturated carbocycles. The average molecular weight is 459 g/mol. The molecule has 3 aromatic carbocycles. The lowest BCUT2D eigenvalue weighted by Crippen LogP contribution is -2.15. The summed E-state index contributed by atoms with van der Waals surface area (Å²) in [7, 11) is -3.73. The van der Waals surface area contributed by atoms with Gasteiger partial charge in [0.15, 0.2) is 0 Å². The predicted molar refractivity (Wildman–Crippen MR) is 115 cm³/mol. The Morgan fingerprint density at radius 3 is 2.00 bits per heavy atom. The Kier molecular flexibility index (Phi) is 5.86. The normalized spacial score (nSPS) is 11.1. The number of anilines is 2. The van der Waals surface area contributed by atoms with Crippen LogP contribution in [0.1, 0.15) is 21.5 Å². The van der Waals surface area contributed by atoms with Crippen LogP contribution >= 0.6 is 15.9 Å². The summed E-state index contributed by atoms with van der Waals surface area (Å²) in [5.41, 5.74) is 3.30. The summed E-state index contributed by atoms with van der Waals surface area (Å²) in [6.45, 7) is 3.71. The molecule has 0 spiro atoms. The lowest BCUT2D eigenvalue weighted by Gasteiger charge is -2.13. The number of amides is 1. The molecule has 0 aliphatic carbocycles. The minimum atomic E-state index is -3.73. The molecule has 0 aromatic heterocycles. The van der Waals surface area contributed by atoms with E-state index in [2.05, 4.69) is 26.0 Å². The summed E-state index contributed by atoms with van der Waals surface area (Å²) in [6.07, 6.45) is 0. The molecule has 5 nitrogen and oxygen atoms in total. The van der Waals surface area contributed by atoms with Crippen LogP contribution in [-0.4, -0.2) is 14.3 Å². The zero-order valence-corrected chi connectivity index (χ0v) is 17.8. The van der Waals surface area contributed by atoms with Crippen molar-refractivity contribution >= 4 is 43.2 Å². The molecule has 0 unspecified atom stereocenters. The van der Waals surface area contributed by atoms with Crippen LogP contribution in [0.5, 0.6) is 0 Å². The number of sulfonamides is 1. The van der Waals surface area contributed by atoms with Gasteiger partial charge < -0.3 is 5.32 Å². The quantitative estimate of drug-likeness (QED) is 0.556. The third-order valence-corrected chi connectivity index (χ3v) is 6.14. The summed E-state index contributed by atoms with van der Waals surface area (Å²) in [6, 6.07) is 18.6. The monoisotopic (exact) mass is 458 g/mol. The SMILES string of the molecule is Cc1cccc(C)c1NS(=O)(=O)c1ccc(NC(=O)c2ccc(Br)cc2)cc1. The molecule has 0 aliphatic heterocycles. The molecule has 28 heavy (non-hydrogen) atoms. The first kappa shape index (κ1) is 20.1. The number of aryl methyl sites for hydroxylation is 2. The molecule has 0 radical (unpaired) electrons. The van der Waals surface area contributed by atoms with Crippen LogP contribution < -0.4 is 10.0 Å². The van der Waals surface area contributed by atoms with Crippen molar-refractivity contribution in [1.82, 2.24) is 0 Å². The van der Waals surface area contributed by atoms with Crippen molar-refractivity contribution in [3.05, 3.63) is 87.9 Å². The Hall–Kier alpha value is -2.64. The second kappa shape index (κ2) is 8.16. The zero-order chi connectivity index (χ0) is 20.3. The Balaban J connectivity index is 1.76. The molecule has 3 rings (SSSR count). The molecule has 144 valence electrons. The van der Waals surface area contributed by atoms with Crippen molar-refractivity contribution in [3.8, 4) is 0 Å². The van der Waals surface area contributed by atoms with Crippen LogP contribution in [-0.2, 0) is 10.0 Å². The fraction of sp³-hybridized carbons (Fsp3) is 0.0952. The summed E-state index contributed by atoms with van der Waals surface area (Å²) in [5.74, 6) is -0.267. The lowest BCUT2D eigenvalue weighted by atomic mass is 10.1. The van der Waals surface area contributed by atoms with Crippen molar-refractivity contribution in [3.63, 3.8) is 0 Å². The van der Waals surface area contributed by atoms with Gasteiger partial charge >= 0.3 is 0 Å². The van der Waals surface area contributed by atoms with Gasteiger partial charge in [-0.05, 0) is 73.5 Å². The van der Waals surface area contributed by atoms with Gasteiger partial charge in [-0.3, -0.25) is 9.52 Å². The van der Waals surface area contributed by atoms with Gasteiger partial charge in [-0.25, -0.2) is 8.42 Å². The standard InChI is InChI=1S/C21H19BrN2O3S/c1-14-4-3-5-15(2)20(14)24-28(26,27)19-12-10-18(11-13-19)23-21(25)16-6-8-17(22)9-7-16/h3-13,24H,1-2H3,(H,23,25). The number of rotatable bonds is 5. The number of hydrogen-bond donors (Lipinski definition) is 2. The Bertz CT molecular complexity index is 1090. The van der Waals surface area contributed by atoms with E-state index in [4.69, 9.17) is 0 Å². The topological polar surface area (TPSA) is 75.3 Å². The molecule has 0 fully saturated rings. The number of nitrogens with one attached hydrogen (secondary N) is 2. The first-order valence-electron chi connectivity index (χ1n) is 8.52. The third-order valence-electron chi connectivity index (χ3n) is 4.25. The van der Waals surface area contributed by atoms with Crippen LogP contribution in [0, 0.1) is 13.8 Å². The molecule has 0 saturated heterocycles. The summed E-state index contributed by atoms with van der Waals surface area (Å²) in [4.78, 5) is 12.4. The molecule has 0 bridgehead atoms. The maximum atomic E-state index is 12.7. The summed E-state index contributed by atoms with van der Waals surface area (Å²) < 4.78 is 28.9. The van der Waals surface area contributed by atoms with Gasteiger partial charge in [0.05, 0.1) is 10.6 Å². The highest BCUT2D eigenvalue weighted by Gasteiger charge is 2.16. The summed E-state index contributed by atoms with van der Waals surface area (Å²) >= 11 is 3.33. The number of benzene rings is 3. The highest BCUT2D eigenvalue weighted by atomic mass is 79.9. The molecular formula is C21H19BrN2O3S. The maximum absolute atomic E-state index is 12.7. The molecule has 7 heteroatoms. The smallest absolute Gasteiger partial charge is 0.261 e. The van der Waals surface area contributed by atoms with E-state index < -0.39 is 10.0 Å². The molecule has 2 N–H and O–H groups in total. The Morgan fingerprint density at radius 2 is 1.43 bits per heavy atom. The molecule has 1 amide bonds. The second-order valence-electron chi connectivity index (χ2n) is 6.36. The third kappa shape index (κ3) is 4.61. The fourth-order valence-electron chi connectivity index (χ4n) is 2.69. The van der Waals surface area contributed by atoms with E-state index in [0.717, 1.165) is 15.6 Å². The predicted octanol–water partition coefficient (Wildman–Crippen LogP) is 5.12. The Morgan fingerprint density at radius 1 is 0.857 bits per heavy atom. The average Bonchev–Trinajstić information content (AvgIpc) is 2.66. The number of carbonyl (C=O) groups is 1. The number of hydrogen-bond acceptors (Lipinski definition) is 3. The highest BCUT2D eigenvalue weighted by Crippen LogP contribution is 2.24. The van der Waals surface area contributed by atoms with E-state index >= 15 is 0 Å². The van der Waals surface area contributed by atoms with E-state index in [9.17, 15) is 13.2 Å². The van der Waals surface area contributed by atoms with Gasteiger partial charge in [-0.1, -0.05) is 34.1 Å². The maximum Gasteiger partial charge on any atom is 0.261 e. The van der Waals surface area contributed by atoms with Crippen molar-refractivity contribution in [1.29, 1.82) is 0 Å². The van der Waals surface area contributed by atoms with E-state index in [1.165, 1.54) is 12.1 Å². The van der Waals surface area contributed by atoms with Crippen molar-refractivity contribution in [2.24, 2.45) is 0 Å². The minimum absolute atomic E-state index is 0.122. The zero-order valence-electron chi connectivity index (χ0n) is 15.4. The van der Waals surface area contributed by atoms with Crippen molar-refractivity contribution in [2.45, 2.75) is 18.7 Å². The van der Waals surface area contributed by atoms with Crippen molar-refractivity contribution < 1.29 is 13.2 Å². The van der Waals surface area contributed by atoms with Crippen LogP contribution in [0.4, 0.5) is 11.4 Å². The van der Waals surface area contributed by atoms with Gasteiger partial charge in [0, 0.05) is 15.7 Å². The number of para-hydroxylation sites is 1. The van der Waals surface area contributed by atoms with Crippen LogP contribution in [0.15, 0.2) is 76.1 Å². The summed E-state index contributed by atoms with van der Waals surface area (Å²) in [5, 5.41) is 2.75. The Labute approximate surface area is 173 Å². The van der Waals surface area contributed by atoms with Gasteiger partial charge in [-0.2, -0.15) is 0 Å². The van der Waals surface area contributed by atoms with E-state index in [1.54, 1.807) is 36.4 Å². The minimum Gasteiger partial charge on any atom is -0.322 e. The van der Waals surface area contributed by atoms with Gasteiger partial charge in [-0.15, -0.1) is 0 Å². The largest absolute Gasteiger partial charge is 0.322 e. The first-order chi connectivity index (χ1) is 13.3. The molecule has 0 aliphatic rings. The van der Waals surface area contributed by atoms with E-state index in [1.807, 2.05) is 32.0 Å². The fourth-order valence-corrected chi connectivity index (χ4v) is 4.16. The lowest BCUT2D eigenvalue weighted by molar-refractivity contribution is 0.102. The number of halogens is 1. The molecule has 3 aromatic rings. The van der Waals surface area contributed by atoms with Crippen LogP contribution in [0.25, 0.3) is 0 Å². The van der Waals surface area contributed by atoms with E-state index in [0.29, 0.717) is 16.9 Å². The molecular weight excluding hydrogens is 440 g/mol. The van der Waals surface area contributed by atoms with Gasteiger partial charge in [0.1, 0.15) is 0 Å². The van der Waals surface area contributed by atoms with Crippen LogP contribution in [0.2, 0.25) is 0 Å². The number of carbonyl (C=O) groups excluding carboxylic acids is 1. The first-order valence-corrected chi connectivity index (χ1v) is 10.8.